The van der Waals surface area contributed by atoms with Crippen LogP contribution in [-0.2, 0) is 0 Å². The molecule has 0 spiro atoms. The molecule has 26 heavy (non-hydrogen) atoms. The molecule has 0 radical (unpaired) electrons. The second-order valence-corrected chi connectivity index (χ2v) is 6.41. The van der Waals surface area contributed by atoms with E-state index in [0.717, 1.165) is 27.8 Å². The maximum absolute atomic E-state index is 12.9. The quantitative estimate of drug-likeness (QED) is 0.594. The van der Waals surface area contributed by atoms with Gasteiger partial charge in [-0.1, -0.05) is 0 Å². The molecule has 2 N–H and O–H groups in total. The van der Waals surface area contributed by atoms with Crippen molar-refractivity contribution in [1.29, 1.82) is 5.26 Å². The predicted octanol–water partition coefficient (Wildman–Crippen LogP) is 3.61. The lowest BCUT2D eigenvalue weighted by atomic mass is 9.99. The van der Waals surface area contributed by atoms with Gasteiger partial charge in [0.25, 0.3) is 5.56 Å². The molecule has 4 rings (SSSR count). The number of rotatable bonds is 3. The molecular weight excluding hydrogens is 328 g/mol. The SMILES string of the molecule is COc1cc(C)c2[nH]ccc2c1C(C)n1[nH]c2ccc(C#N)cc2c1=O. The summed E-state index contributed by atoms with van der Waals surface area (Å²) < 4.78 is 7.20. The van der Waals surface area contributed by atoms with Crippen LogP contribution in [-0.4, -0.2) is 21.9 Å². The van der Waals surface area contributed by atoms with Crippen molar-refractivity contribution in [3.05, 3.63) is 63.6 Å². The Morgan fingerprint density at radius 3 is 2.77 bits per heavy atom. The lowest BCUT2D eigenvalue weighted by Gasteiger charge is -2.18. The fraction of sp³-hybridized carbons (Fsp3) is 0.200. The summed E-state index contributed by atoms with van der Waals surface area (Å²) in [6.45, 7) is 3.98. The van der Waals surface area contributed by atoms with Crippen molar-refractivity contribution in [1.82, 2.24) is 14.8 Å². The van der Waals surface area contributed by atoms with Crippen LogP contribution in [0.25, 0.3) is 21.8 Å². The van der Waals surface area contributed by atoms with Gasteiger partial charge < -0.3 is 9.72 Å². The molecule has 0 bridgehead atoms. The molecule has 130 valence electrons. The number of H-pyrrole nitrogens is 2. The lowest BCUT2D eigenvalue weighted by Crippen LogP contribution is -2.22. The van der Waals surface area contributed by atoms with Crippen molar-refractivity contribution >= 4 is 21.8 Å². The Balaban J connectivity index is 1.97. The molecule has 0 amide bonds. The summed E-state index contributed by atoms with van der Waals surface area (Å²) in [6, 6.07) is 10.9. The van der Waals surface area contributed by atoms with Crippen molar-refractivity contribution in [3.63, 3.8) is 0 Å². The summed E-state index contributed by atoms with van der Waals surface area (Å²) >= 11 is 0. The van der Waals surface area contributed by atoms with E-state index >= 15 is 0 Å². The molecule has 6 nitrogen and oxygen atoms in total. The molecule has 0 saturated carbocycles. The molecule has 1 atom stereocenters. The summed E-state index contributed by atoms with van der Waals surface area (Å²) in [5.41, 5.74) is 4.06. The molecule has 2 heterocycles. The highest BCUT2D eigenvalue weighted by Crippen LogP contribution is 2.36. The normalized spacial score (nSPS) is 12.4. The molecule has 0 aliphatic carbocycles. The van der Waals surface area contributed by atoms with Gasteiger partial charge >= 0.3 is 0 Å². The number of aromatic amines is 2. The summed E-state index contributed by atoms with van der Waals surface area (Å²) in [5, 5.41) is 13.8. The Morgan fingerprint density at radius 2 is 2.04 bits per heavy atom. The number of benzene rings is 2. The first kappa shape index (κ1) is 16.0. The number of nitrogens with one attached hydrogen (secondary N) is 2. The topological polar surface area (TPSA) is 86.6 Å². The number of hydrogen-bond acceptors (Lipinski definition) is 3. The third kappa shape index (κ3) is 2.21. The third-order valence-corrected chi connectivity index (χ3v) is 4.91. The minimum Gasteiger partial charge on any atom is -0.496 e. The van der Waals surface area contributed by atoms with Crippen molar-refractivity contribution in [3.8, 4) is 11.8 Å². The van der Waals surface area contributed by atoms with Gasteiger partial charge in [0.1, 0.15) is 5.75 Å². The van der Waals surface area contributed by atoms with Gasteiger partial charge in [-0.3, -0.25) is 9.89 Å². The van der Waals surface area contributed by atoms with Gasteiger partial charge in [0.15, 0.2) is 0 Å². The van der Waals surface area contributed by atoms with Crippen molar-refractivity contribution in [2.75, 3.05) is 7.11 Å². The molecule has 0 aliphatic heterocycles. The first-order chi connectivity index (χ1) is 12.5. The Hall–Kier alpha value is -3.46. The van der Waals surface area contributed by atoms with Crippen LogP contribution >= 0.6 is 0 Å². The van der Waals surface area contributed by atoms with Gasteiger partial charge in [0, 0.05) is 22.7 Å². The van der Waals surface area contributed by atoms with Gasteiger partial charge in [0.05, 0.1) is 35.7 Å². The molecule has 4 aromatic rings. The maximum Gasteiger partial charge on any atom is 0.274 e. The molecule has 6 heteroatoms. The van der Waals surface area contributed by atoms with E-state index in [1.54, 1.807) is 30.0 Å². The number of nitriles is 1. The van der Waals surface area contributed by atoms with E-state index in [4.69, 9.17) is 10.00 Å². The number of aromatic nitrogens is 3. The Bertz CT molecular complexity index is 1240. The molecule has 1 unspecified atom stereocenters. The van der Waals surface area contributed by atoms with E-state index in [1.807, 2.05) is 32.2 Å². The number of nitrogens with zero attached hydrogens (tertiary/aromatic N) is 2. The zero-order valence-electron chi connectivity index (χ0n) is 14.8. The molecule has 0 saturated heterocycles. The first-order valence-corrected chi connectivity index (χ1v) is 8.34. The Morgan fingerprint density at radius 1 is 1.23 bits per heavy atom. The Kier molecular flexibility index (Phi) is 3.58. The smallest absolute Gasteiger partial charge is 0.274 e. The van der Waals surface area contributed by atoms with Gasteiger partial charge in [-0.05, 0) is 49.7 Å². The van der Waals surface area contributed by atoms with E-state index in [2.05, 4.69) is 16.2 Å². The number of ether oxygens (including phenoxy) is 1. The minimum atomic E-state index is -0.269. The number of hydrogen-bond donors (Lipinski definition) is 2. The number of aryl methyl sites for hydroxylation is 1. The van der Waals surface area contributed by atoms with Gasteiger partial charge in [-0.15, -0.1) is 0 Å². The van der Waals surface area contributed by atoms with E-state index in [0.29, 0.717) is 16.5 Å². The highest BCUT2D eigenvalue weighted by Gasteiger charge is 2.22. The van der Waals surface area contributed by atoms with E-state index in [9.17, 15) is 4.79 Å². The number of fused-ring (bicyclic) bond motifs is 2. The van der Waals surface area contributed by atoms with Gasteiger partial charge in [0.2, 0.25) is 0 Å². The van der Waals surface area contributed by atoms with Crippen LogP contribution in [0.15, 0.2) is 41.3 Å². The number of methoxy groups -OCH3 is 1. The van der Waals surface area contributed by atoms with E-state index in [-0.39, 0.29) is 11.6 Å². The van der Waals surface area contributed by atoms with E-state index in [1.165, 1.54) is 0 Å². The van der Waals surface area contributed by atoms with Crippen LogP contribution in [0.5, 0.6) is 5.75 Å². The van der Waals surface area contributed by atoms with Crippen LogP contribution in [0.4, 0.5) is 0 Å². The van der Waals surface area contributed by atoms with Crippen LogP contribution in [0.1, 0.15) is 29.7 Å². The fourth-order valence-electron chi connectivity index (χ4n) is 3.60. The highest BCUT2D eigenvalue weighted by atomic mass is 16.5. The van der Waals surface area contributed by atoms with Crippen LogP contribution in [0.2, 0.25) is 0 Å². The zero-order chi connectivity index (χ0) is 18.4. The van der Waals surface area contributed by atoms with Crippen molar-refractivity contribution in [2.45, 2.75) is 19.9 Å². The summed E-state index contributed by atoms with van der Waals surface area (Å²) in [5.74, 6) is 0.741. The van der Waals surface area contributed by atoms with E-state index < -0.39 is 0 Å². The molecular formula is C20H18N4O2. The first-order valence-electron chi connectivity index (χ1n) is 8.34. The summed E-state index contributed by atoms with van der Waals surface area (Å²) in [4.78, 5) is 16.2. The maximum atomic E-state index is 12.9. The van der Waals surface area contributed by atoms with Gasteiger partial charge in [-0.25, -0.2) is 4.68 Å². The second kappa shape index (κ2) is 5.81. The summed E-state index contributed by atoms with van der Waals surface area (Å²) in [7, 11) is 1.64. The minimum absolute atomic E-state index is 0.157. The summed E-state index contributed by atoms with van der Waals surface area (Å²) in [6.07, 6.45) is 1.89. The third-order valence-electron chi connectivity index (χ3n) is 4.91. The van der Waals surface area contributed by atoms with Crippen LogP contribution < -0.4 is 10.3 Å². The zero-order valence-corrected chi connectivity index (χ0v) is 14.8. The molecule has 0 fully saturated rings. The van der Waals surface area contributed by atoms with Crippen molar-refractivity contribution in [2.24, 2.45) is 0 Å². The standard InChI is InChI=1S/C20H18N4O2/c1-11-8-17(26-3)18(14-6-7-22-19(11)14)12(2)24-20(25)15-9-13(10-21)4-5-16(15)23-24/h4-9,12,22-23H,1-3H3. The molecule has 2 aromatic carbocycles. The largest absolute Gasteiger partial charge is 0.496 e. The highest BCUT2D eigenvalue weighted by molar-refractivity contribution is 5.88. The van der Waals surface area contributed by atoms with Gasteiger partial charge in [-0.2, -0.15) is 5.26 Å². The Labute approximate surface area is 149 Å². The lowest BCUT2D eigenvalue weighted by molar-refractivity contribution is 0.401. The second-order valence-electron chi connectivity index (χ2n) is 6.41. The predicted molar refractivity (Wildman–Crippen MR) is 101 cm³/mol. The monoisotopic (exact) mass is 346 g/mol. The molecule has 0 aliphatic rings. The van der Waals surface area contributed by atoms with Crippen LogP contribution in [0, 0.1) is 18.3 Å². The molecule has 2 aromatic heterocycles. The van der Waals surface area contributed by atoms with Crippen molar-refractivity contribution < 1.29 is 4.74 Å². The fourth-order valence-corrected chi connectivity index (χ4v) is 3.60. The average Bonchev–Trinajstić information content (AvgIpc) is 3.26. The van der Waals surface area contributed by atoms with Crippen LogP contribution in [0.3, 0.4) is 0 Å². The average molecular weight is 346 g/mol.